The molecule has 3 aromatic heterocycles. The second kappa shape index (κ2) is 8.95. The minimum Gasteiger partial charge on any atom is -0.477 e. The number of carbonyl (C=O) groups is 1. The van der Waals surface area contributed by atoms with E-state index in [2.05, 4.69) is 4.98 Å². The molecule has 0 aliphatic rings. The highest BCUT2D eigenvalue weighted by Gasteiger charge is 2.26. The van der Waals surface area contributed by atoms with Crippen LogP contribution in [0.5, 0.6) is 0 Å². The van der Waals surface area contributed by atoms with Crippen molar-refractivity contribution in [1.29, 1.82) is 0 Å². The van der Waals surface area contributed by atoms with Gasteiger partial charge in [0.25, 0.3) is 0 Å². The maximum Gasteiger partial charge on any atom is 0.346 e. The van der Waals surface area contributed by atoms with Crippen LogP contribution in [0.4, 0.5) is 0 Å². The van der Waals surface area contributed by atoms with Gasteiger partial charge in [0.05, 0.1) is 0 Å². The molecule has 176 valence electrons. The van der Waals surface area contributed by atoms with Crippen molar-refractivity contribution in [3.05, 3.63) is 94.5 Å². The molecule has 3 heterocycles. The molecular weight excluding hydrogens is 477 g/mol. The fourth-order valence-electron chi connectivity index (χ4n) is 4.43. The molecule has 1 atom stereocenters. The van der Waals surface area contributed by atoms with E-state index in [1.165, 1.54) is 11.3 Å². The zero-order valence-electron chi connectivity index (χ0n) is 19.6. The van der Waals surface area contributed by atoms with Gasteiger partial charge in [0.1, 0.15) is 23.3 Å². The molecule has 0 aliphatic heterocycles. The SMILES string of the molecule is Cc1ccc(P(C)(=O)Cc2cc(-c3ccc(-c4cc5ncccc5o4)cc3)sc2C(=O)O)c(C)c1. The molecule has 7 heteroatoms. The van der Waals surface area contributed by atoms with Crippen LogP contribution in [0.2, 0.25) is 0 Å². The predicted molar refractivity (Wildman–Crippen MR) is 143 cm³/mol. The van der Waals surface area contributed by atoms with Gasteiger partial charge in [-0.15, -0.1) is 11.3 Å². The van der Waals surface area contributed by atoms with E-state index in [1.54, 1.807) is 12.9 Å². The zero-order valence-corrected chi connectivity index (χ0v) is 21.3. The van der Waals surface area contributed by atoms with Crippen molar-refractivity contribution in [3.63, 3.8) is 0 Å². The summed E-state index contributed by atoms with van der Waals surface area (Å²) in [6.45, 7) is 5.70. The first kappa shape index (κ1) is 23.3. The predicted octanol–water partition coefficient (Wildman–Crippen LogP) is 7.36. The van der Waals surface area contributed by atoms with Gasteiger partial charge in [-0.25, -0.2) is 4.79 Å². The van der Waals surface area contributed by atoms with Crippen molar-refractivity contribution in [3.8, 4) is 21.8 Å². The number of hydrogen-bond acceptors (Lipinski definition) is 5. The summed E-state index contributed by atoms with van der Waals surface area (Å²) in [7, 11) is -2.81. The van der Waals surface area contributed by atoms with Crippen molar-refractivity contribution in [2.45, 2.75) is 20.0 Å². The van der Waals surface area contributed by atoms with Gasteiger partial charge < -0.3 is 14.1 Å². The number of benzene rings is 2. The van der Waals surface area contributed by atoms with Crippen molar-refractivity contribution in [2.24, 2.45) is 0 Å². The van der Waals surface area contributed by atoms with Crippen molar-refractivity contribution >= 4 is 40.9 Å². The Hall–Kier alpha value is -3.47. The molecule has 0 amide bonds. The first-order valence-corrected chi connectivity index (χ1v) is 14.3. The number of aryl methyl sites for hydroxylation is 2. The topological polar surface area (TPSA) is 80.4 Å². The molecule has 0 aliphatic carbocycles. The second-order valence-corrected chi connectivity index (χ2v) is 12.9. The average molecular weight is 502 g/mol. The summed E-state index contributed by atoms with van der Waals surface area (Å²) in [6, 6.07) is 21.2. The number of furan rings is 1. The quantitative estimate of drug-likeness (QED) is 0.246. The number of pyridine rings is 1. The number of rotatable bonds is 6. The smallest absolute Gasteiger partial charge is 0.346 e. The van der Waals surface area contributed by atoms with Gasteiger partial charge in [-0.05, 0) is 55.4 Å². The third kappa shape index (κ3) is 4.60. The Labute approximate surface area is 207 Å². The minimum absolute atomic E-state index is 0.207. The van der Waals surface area contributed by atoms with Gasteiger partial charge >= 0.3 is 5.97 Å². The largest absolute Gasteiger partial charge is 0.477 e. The van der Waals surface area contributed by atoms with Crippen LogP contribution in [-0.2, 0) is 10.7 Å². The van der Waals surface area contributed by atoms with E-state index in [-0.39, 0.29) is 11.0 Å². The highest BCUT2D eigenvalue weighted by molar-refractivity contribution is 7.70. The number of aromatic nitrogens is 1. The van der Waals surface area contributed by atoms with Crippen molar-refractivity contribution in [2.75, 3.05) is 6.66 Å². The van der Waals surface area contributed by atoms with Crippen molar-refractivity contribution < 1.29 is 18.9 Å². The van der Waals surface area contributed by atoms with Crippen LogP contribution in [0.15, 0.2) is 77.3 Å². The molecule has 0 saturated heterocycles. The molecule has 0 bridgehead atoms. The molecule has 35 heavy (non-hydrogen) atoms. The standard InChI is InChI=1S/C28H24NO4PS/c1-17-6-11-25(18(2)13-17)34(3,32)16-21-14-26(35-27(21)28(30)31)20-9-7-19(8-10-20)24-15-22-23(33-24)5-4-12-29-22/h4-15H,16H2,1-3H3,(H,30,31). The lowest BCUT2D eigenvalue weighted by molar-refractivity contribution is 0.0701. The number of carboxylic acid groups (broad SMARTS) is 1. The lowest BCUT2D eigenvalue weighted by atomic mass is 10.1. The summed E-state index contributed by atoms with van der Waals surface area (Å²) in [5, 5.41) is 10.7. The second-order valence-electron chi connectivity index (χ2n) is 8.89. The lowest BCUT2D eigenvalue weighted by Gasteiger charge is -2.16. The molecule has 0 radical (unpaired) electrons. The average Bonchev–Trinajstić information content (AvgIpc) is 3.43. The third-order valence-corrected chi connectivity index (χ3v) is 9.76. The van der Waals surface area contributed by atoms with E-state index >= 15 is 0 Å². The molecule has 5 rings (SSSR count). The maximum absolute atomic E-state index is 13.7. The maximum atomic E-state index is 13.7. The Morgan fingerprint density at radius 3 is 2.46 bits per heavy atom. The zero-order chi connectivity index (χ0) is 24.7. The van der Waals surface area contributed by atoms with Crippen LogP contribution in [0, 0.1) is 13.8 Å². The lowest BCUT2D eigenvalue weighted by Crippen LogP contribution is -2.11. The highest BCUT2D eigenvalue weighted by atomic mass is 32.1. The summed E-state index contributed by atoms with van der Waals surface area (Å²) in [4.78, 5) is 17.4. The Morgan fingerprint density at radius 1 is 1.03 bits per heavy atom. The van der Waals surface area contributed by atoms with Gasteiger partial charge in [0, 0.05) is 34.2 Å². The Morgan fingerprint density at radius 2 is 1.77 bits per heavy atom. The summed E-state index contributed by atoms with van der Waals surface area (Å²) in [6.07, 6.45) is 1.94. The molecular formula is C28H24NO4PS. The minimum atomic E-state index is -2.81. The Kier molecular flexibility index (Phi) is 5.96. The van der Waals surface area contributed by atoms with Crippen molar-refractivity contribution in [1.82, 2.24) is 4.98 Å². The Bertz CT molecular complexity index is 1580. The number of fused-ring (bicyclic) bond motifs is 1. The highest BCUT2D eigenvalue weighted by Crippen LogP contribution is 2.47. The molecule has 1 unspecified atom stereocenters. The van der Waals surface area contributed by atoms with Crippen LogP contribution in [0.25, 0.3) is 32.9 Å². The fraction of sp³-hybridized carbons (Fsp3) is 0.143. The molecule has 1 N–H and O–H groups in total. The van der Waals surface area contributed by atoms with E-state index in [0.29, 0.717) is 5.56 Å². The molecule has 0 fully saturated rings. The summed E-state index contributed by atoms with van der Waals surface area (Å²) in [5.41, 5.74) is 6.03. The first-order valence-electron chi connectivity index (χ1n) is 11.2. The number of nitrogens with zero attached hydrogens (tertiary/aromatic N) is 1. The van der Waals surface area contributed by atoms with E-state index < -0.39 is 13.1 Å². The van der Waals surface area contributed by atoms with E-state index in [9.17, 15) is 14.5 Å². The van der Waals surface area contributed by atoms with E-state index in [4.69, 9.17) is 4.42 Å². The number of carboxylic acids is 1. The first-order chi connectivity index (χ1) is 16.7. The van der Waals surface area contributed by atoms with E-state index in [0.717, 1.165) is 49.3 Å². The molecule has 2 aromatic carbocycles. The summed E-state index contributed by atoms with van der Waals surface area (Å²) < 4.78 is 19.6. The van der Waals surface area contributed by atoms with Gasteiger partial charge in [0.2, 0.25) is 0 Å². The number of thiophene rings is 1. The van der Waals surface area contributed by atoms with Gasteiger partial charge in [-0.2, -0.15) is 0 Å². The van der Waals surface area contributed by atoms with Crippen LogP contribution in [-0.4, -0.2) is 22.7 Å². The van der Waals surface area contributed by atoms with Gasteiger partial charge in [-0.3, -0.25) is 4.98 Å². The van der Waals surface area contributed by atoms with Crippen LogP contribution < -0.4 is 5.30 Å². The van der Waals surface area contributed by atoms with Crippen LogP contribution in [0.1, 0.15) is 26.4 Å². The number of hydrogen-bond donors (Lipinski definition) is 1. The van der Waals surface area contributed by atoms with Crippen LogP contribution in [0.3, 0.4) is 0 Å². The monoisotopic (exact) mass is 501 g/mol. The molecule has 0 saturated carbocycles. The van der Waals surface area contributed by atoms with E-state index in [1.807, 2.05) is 80.6 Å². The Balaban J connectivity index is 1.46. The number of aromatic carboxylic acids is 1. The van der Waals surface area contributed by atoms with Gasteiger partial charge in [-0.1, -0.05) is 48.0 Å². The molecule has 5 nitrogen and oxygen atoms in total. The summed E-state index contributed by atoms with van der Waals surface area (Å²) in [5.74, 6) is -0.271. The molecule has 0 spiro atoms. The summed E-state index contributed by atoms with van der Waals surface area (Å²) >= 11 is 1.21. The molecule has 5 aromatic rings. The van der Waals surface area contributed by atoms with Crippen LogP contribution >= 0.6 is 18.5 Å². The normalized spacial score (nSPS) is 13.1. The fourth-order valence-corrected chi connectivity index (χ4v) is 7.83. The third-order valence-electron chi connectivity index (χ3n) is 6.08. The van der Waals surface area contributed by atoms with Gasteiger partial charge in [0.15, 0.2) is 5.58 Å².